The van der Waals surface area contributed by atoms with E-state index in [1.165, 1.54) is 10.8 Å². The minimum Gasteiger partial charge on any atom is -0.278 e. The molecule has 4 heteroatoms. The SMILES string of the molecule is Ic1ccnc(-n2c3ccccc3c3ccccc32)n1. The van der Waals surface area contributed by atoms with Crippen LogP contribution in [0.25, 0.3) is 27.8 Å². The van der Waals surface area contributed by atoms with Gasteiger partial charge in [0.1, 0.15) is 3.70 Å². The van der Waals surface area contributed by atoms with Crippen LogP contribution in [-0.4, -0.2) is 14.5 Å². The predicted molar refractivity (Wildman–Crippen MR) is 89.1 cm³/mol. The van der Waals surface area contributed by atoms with Crippen LogP contribution < -0.4 is 0 Å². The van der Waals surface area contributed by atoms with Crippen molar-refractivity contribution in [1.29, 1.82) is 0 Å². The van der Waals surface area contributed by atoms with Gasteiger partial charge in [-0.3, -0.25) is 4.57 Å². The number of fused-ring (bicyclic) bond motifs is 3. The molecule has 4 aromatic rings. The summed E-state index contributed by atoms with van der Waals surface area (Å²) in [5.41, 5.74) is 2.27. The number of halogens is 1. The quantitative estimate of drug-likeness (QED) is 0.371. The summed E-state index contributed by atoms with van der Waals surface area (Å²) in [6.45, 7) is 0. The number of nitrogens with zero attached hydrogens (tertiary/aromatic N) is 3. The zero-order valence-corrected chi connectivity index (χ0v) is 12.7. The smallest absolute Gasteiger partial charge is 0.235 e. The Bertz CT molecular complexity index is 874. The molecule has 2 heterocycles. The second kappa shape index (κ2) is 4.56. The molecule has 2 aromatic carbocycles. The first-order valence-electron chi connectivity index (χ1n) is 6.32. The van der Waals surface area contributed by atoms with Gasteiger partial charge in [0.15, 0.2) is 0 Å². The Morgan fingerprint density at radius 1 is 0.800 bits per heavy atom. The molecule has 0 amide bonds. The minimum atomic E-state index is 0.717. The van der Waals surface area contributed by atoms with Gasteiger partial charge in [0.05, 0.1) is 11.0 Å². The van der Waals surface area contributed by atoms with Crippen molar-refractivity contribution in [1.82, 2.24) is 14.5 Å². The van der Waals surface area contributed by atoms with Crippen molar-refractivity contribution in [2.75, 3.05) is 0 Å². The average molecular weight is 371 g/mol. The molecule has 3 nitrogen and oxygen atoms in total. The van der Waals surface area contributed by atoms with Gasteiger partial charge in [-0.15, -0.1) is 0 Å². The summed E-state index contributed by atoms with van der Waals surface area (Å²) in [5, 5.41) is 2.45. The van der Waals surface area contributed by atoms with Crippen LogP contribution in [0, 0.1) is 3.70 Å². The molecular formula is C16H10IN3. The highest BCUT2D eigenvalue weighted by Gasteiger charge is 2.12. The van der Waals surface area contributed by atoms with Gasteiger partial charge < -0.3 is 0 Å². The third-order valence-electron chi connectivity index (χ3n) is 3.39. The van der Waals surface area contributed by atoms with Gasteiger partial charge in [-0.05, 0) is 40.8 Å². The van der Waals surface area contributed by atoms with Gasteiger partial charge in [-0.2, -0.15) is 0 Å². The Kier molecular flexibility index (Phi) is 2.70. The van der Waals surface area contributed by atoms with Crippen molar-refractivity contribution in [3.05, 3.63) is 64.5 Å². The van der Waals surface area contributed by atoms with E-state index in [1.807, 2.05) is 18.2 Å². The van der Waals surface area contributed by atoms with Gasteiger partial charge in [0, 0.05) is 17.0 Å². The number of hydrogen-bond donors (Lipinski definition) is 0. The topological polar surface area (TPSA) is 30.7 Å². The first-order chi connectivity index (χ1) is 9.84. The van der Waals surface area contributed by atoms with E-state index < -0.39 is 0 Å². The summed E-state index contributed by atoms with van der Waals surface area (Å²) in [6, 6.07) is 18.6. The maximum Gasteiger partial charge on any atom is 0.235 e. The number of rotatable bonds is 1. The van der Waals surface area contributed by atoms with Crippen LogP contribution in [0.3, 0.4) is 0 Å². The van der Waals surface area contributed by atoms with Crippen LogP contribution in [0.15, 0.2) is 60.8 Å². The number of para-hydroxylation sites is 2. The molecule has 96 valence electrons. The fourth-order valence-electron chi connectivity index (χ4n) is 2.57. The zero-order chi connectivity index (χ0) is 13.5. The monoisotopic (exact) mass is 371 g/mol. The lowest BCUT2D eigenvalue weighted by molar-refractivity contribution is 0.975. The van der Waals surface area contributed by atoms with E-state index in [9.17, 15) is 0 Å². The second-order valence-electron chi connectivity index (χ2n) is 4.55. The molecule has 0 saturated heterocycles. The summed E-state index contributed by atoms with van der Waals surface area (Å²) in [7, 11) is 0. The lowest BCUT2D eigenvalue weighted by Crippen LogP contribution is -2.01. The maximum atomic E-state index is 4.55. The molecule has 20 heavy (non-hydrogen) atoms. The van der Waals surface area contributed by atoms with E-state index in [0.29, 0.717) is 5.95 Å². The molecule has 0 N–H and O–H groups in total. The van der Waals surface area contributed by atoms with E-state index in [2.05, 4.69) is 73.5 Å². The highest BCUT2D eigenvalue weighted by molar-refractivity contribution is 14.1. The number of benzene rings is 2. The van der Waals surface area contributed by atoms with E-state index in [-0.39, 0.29) is 0 Å². The molecule has 0 unspecified atom stereocenters. The van der Waals surface area contributed by atoms with Gasteiger partial charge in [-0.1, -0.05) is 36.4 Å². The normalized spacial score (nSPS) is 11.2. The van der Waals surface area contributed by atoms with Gasteiger partial charge >= 0.3 is 0 Å². The van der Waals surface area contributed by atoms with Crippen LogP contribution >= 0.6 is 22.6 Å². The minimum absolute atomic E-state index is 0.717. The number of aromatic nitrogens is 3. The standard InChI is InChI=1S/C16H10IN3/c17-15-9-10-18-16(19-15)20-13-7-3-1-5-11(13)12-6-2-4-8-14(12)20/h1-10H. The van der Waals surface area contributed by atoms with Crippen molar-refractivity contribution in [3.63, 3.8) is 0 Å². The van der Waals surface area contributed by atoms with Crippen LogP contribution in [-0.2, 0) is 0 Å². The molecular weight excluding hydrogens is 361 g/mol. The van der Waals surface area contributed by atoms with Crippen molar-refractivity contribution in [3.8, 4) is 5.95 Å². The highest BCUT2D eigenvalue weighted by Crippen LogP contribution is 2.30. The molecule has 0 saturated carbocycles. The Morgan fingerprint density at radius 3 is 2.00 bits per heavy atom. The van der Waals surface area contributed by atoms with Crippen molar-refractivity contribution >= 4 is 44.4 Å². The van der Waals surface area contributed by atoms with Crippen LogP contribution in [0.5, 0.6) is 0 Å². The summed E-state index contributed by atoms with van der Waals surface area (Å²) in [4.78, 5) is 8.98. The van der Waals surface area contributed by atoms with E-state index >= 15 is 0 Å². The number of hydrogen-bond acceptors (Lipinski definition) is 2. The Morgan fingerprint density at radius 2 is 1.40 bits per heavy atom. The molecule has 0 fully saturated rings. The Balaban J connectivity index is 2.21. The summed E-state index contributed by atoms with van der Waals surface area (Å²) in [5.74, 6) is 0.717. The molecule has 0 bridgehead atoms. The fraction of sp³-hybridized carbons (Fsp3) is 0. The first-order valence-corrected chi connectivity index (χ1v) is 7.39. The summed E-state index contributed by atoms with van der Waals surface area (Å²) >= 11 is 2.21. The molecule has 0 spiro atoms. The van der Waals surface area contributed by atoms with E-state index in [1.54, 1.807) is 6.20 Å². The average Bonchev–Trinajstić information content (AvgIpc) is 2.82. The van der Waals surface area contributed by atoms with Gasteiger partial charge in [0.2, 0.25) is 5.95 Å². The summed E-state index contributed by atoms with van der Waals surface area (Å²) in [6.07, 6.45) is 1.80. The van der Waals surface area contributed by atoms with E-state index in [0.717, 1.165) is 14.7 Å². The second-order valence-corrected chi connectivity index (χ2v) is 5.65. The molecule has 4 rings (SSSR count). The maximum absolute atomic E-state index is 4.55. The largest absolute Gasteiger partial charge is 0.278 e. The van der Waals surface area contributed by atoms with Gasteiger partial charge in [0.25, 0.3) is 0 Å². The predicted octanol–water partition coefficient (Wildman–Crippen LogP) is 4.18. The Labute approximate surface area is 129 Å². The third-order valence-corrected chi connectivity index (χ3v) is 3.99. The highest BCUT2D eigenvalue weighted by atomic mass is 127. The van der Waals surface area contributed by atoms with E-state index in [4.69, 9.17) is 0 Å². The van der Waals surface area contributed by atoms with Crippen molar-refractivity contribution in [2.45, 2.75) is 0 Å². The first kappa shape index (κ1) is 11.8. The molecule has 0 atom stereocenters. The fourth-order valence-corrected chi connectivity index (χ4v) is 2.95. The molecule has 2 aromatic heterocycles. The van der Waals surface area contributed by atoms with Crippen molar-refractivity contribution < 1.29 is 0 Å². The third kappa shape index (κ3) is 1.71. The van der Waals surface area contributed by atoms with Crippen LogP contribution in [0.4, 0.5) is 0 Å². The zero-order valence-electron chi connectivity index (χ0n) is 10.5. The Hall–Kier alpha value is -1.95. The molecule has 0 aliphatic rings. The summed E-state index contributed by atoms with van der Waals surface area (Å²) < 4.78 is 3.06. The molecule has 0 aliphatic carbocycles. The van der Waals surface area contributed by atoms with Crippen molar-refractivity contribution in [2.24, 2.45) is 0 Å². The molecule has 0 radical (unpaired) electrons. The van der Waals surface area contributed by atoms with Crippen LogP contribution in [0.1, 0.15) is 0 Å². The van der Waals surface area contributed by atoms with Crippen LogP contribution in [0.2, 0.25) is 0 Å². The molecule has 0 aliphatic heterocycles. The lowest BCUT2D eigenvalue weighted by Gasteiger charge is -2.05. The van der Waals surface area contributed by atoms with Gasteiger partial charge in [-0.25, -0.2) is 9.97 Å². The lowest BCUT2D eigenvalue weighted by atomic mass is 10.2.